The van der Waals surface area contributed by atoms with Gasteiger partial charge in [0.1, 0.15) is 0 Å². The summed E-state index contributed by atoms with van der Waals surface area (Å²) in [5.41, 5.74) is 2.12. The molecule has 1 unspecified atom stereocenters. The number of aliphatic imine (C=N–C) groups is 1. The van der Waals surface area contributed by atoms with E-state index < -0.39 is 11.6 Å². The number of carbonyl (C=O) groups excluding carboxylic acids is 1. The minimum Gasteiger partial charge on any atom is -0.468 e. The van der Waals surface area contributed by atoms with Gasteiger partial charge >= 0.3 is 0 Å². The number of para-hydroxylation sites is 1. The molecule has 2 heterocycles. The zero-order chi connectivity index (χ0) is 20.7. The van der Waals surface area contributed by atoms with Gasteiger partial charge in [0.05, 0.1) is 6.04 Å². The Morgan fingerprint density at radius 3 is 2.90 bits per heavy atom. The van der Waals surface area contributed by atoms with Crippen LogP contribution in [0.2, 0.25) is 5.02 Å². The smallest absolute Gasteiger partial charge is 0.205 e. The number of likely N-dealkylation sites (N-methyl/N-ethyl adjacent to an activating group) is 1. The summed E-state index contributed by atoms with van der Waals surface area (Å²) in [6.45, 7) is 0. The first-order chi connectivity index (χ1) is 14.6. The van der Waals surface area contributed by atoms with Gasteiger partial charge in [-0.05, 0) is 50.4 Å². The molecule has 0 saturated heterocycles. The van der Waals surface area contributed by atoms with Crippen LogP contribution < -0.4 is 5.32 Å². The number of aromatic amines is 1. The summed E-state index contributed by atoms with van der Waals surface area (Å²) < 4.78 is 6.15. The molecule has 30 heavy (non-hydrogen) atoms. The van der Waals surface area contributed by atoms with Crippen LogP contribution in [0.5, 0.6) is 0 Å². The van der Waals surface area contributed by atoms with Crippen molar-refractivity contribution in [3.8, 4) is 0 Å². The topological polar surface area (TPSA) is 66.5 Å². The van der Waals surface area contributed by atoms with E-state index in [1.807, 2.05) is 49.6 Å². The van der Waals surface area contributed by atoms with Crippen LogP contribution in [0.3, 0.4) is 0 Å². The average Bonchev–Trinajstić information content (AvgIpc) is 3.16. The van der Waals surface area contributed by atoms with Gasteiger partial charge in [-0.3, -0.25) is 4.79 Å². The molecule has 3 atom stereocenters. The van der Waals surface area contributed by atoms with Crippen LogP contribution in [0.4, 0.5) is 0 Å². The third-order valence-electron chi connectivity index (χ3n) is 6.33. The van der Waals surface area contributed by atoms with Crippen LogP contribution in [0.1, 0.15) is 30.4 Å². The molecule has 6 heteroatoms. The largest absolute Gasteiger partial charge is 0.468 e. The summed E-state index contributed by atoms with van der Waals surface area (Å²) in [5.74, 6) is 0.611. The summed E-state index contributed by atoms with van der Waals surface area (Å²) in [6, 6.07) is 15.6. The Bertz CT molecular complexity index is 1140. The monoisotopic (exact) mass is 421 g/mol. The quantitative estimate of drug-likeness (QED) is 0.641. The fraction of sp³-hybridized carbons (Fsp3) is 0.333. The lowest BCUT2D eigenvalue weighted by Gasteiger charge is -2.42. The van der Waals surface area contributed by atoms with E-state index in [4.69, 9.17) is 21.3 Å². The predicted molar refractivity (Wildman–Crippen MR) is 119 cm³/mol. The van der Waals surface area contributed by atoms with Crippen molar-refractivity contribution in [2.45, 2.75) is 43.4 Å². The normalized spacial score (nSPS) is 24.4. The first-order valence-corrected chi connectivity index (χ1v) is 10.8. The van der Waals surface area contributed by atoms with Crippen molar-refractivity contribution in [1.82, 2.24) is 10.3 Å². The number of H-pyrrole nitrogens is 1. The molecule has 1 aliphatic carbocycles. The fourth-order valence-corrected chi connectivity index (χ4v) is 5.06. The van der Waals surface area contributed by atoms with Gasteiger partial charge in [0.2, 0.25) is 11.7 Å². The second-order valence-corrected chi connectivity index (χ2v) is 8.47. The summed E-state index contributed by atoms with van der Waals surface area (Å²) in [6.07, 6.45) is 4.52. The number of benzene rings is 2. The van der Waals surface area contributed by atoms with E-state index >= 15 is 0 Å². The Hall–Kier alpha value is -2.63. The highest BCUT2D eigenvalue weighted by molar-refractivity contribution is 6.32. The van der Waals surface area contributed by atoms with Crippen LogP contribution in [0, 0.1) is 0 Å². The van der Waals surface area contributed by atoms with E-state index in [1.165, 1.54) is 10.9 Å². The number of ether oxygens (including phenoxy) is 1. The van der Waals surface area contributed by atoms with E-state index in [0.717, 1.165) is 17.5 Å². The number of hydrogen-bond acceptors (Lipinski definition) is 4. The van der Waals surface area contributed by atoms with E-state index in [-0.39, 0.29) is 11.8 Å². The van der Waals surface area contributed by atoms with Crippen LogP contribution in [0.25, 0.3) is 10.9 Å². The molecule has 5 rings (SSSR count). The molecule has 2 aromatic carbocycles. The minimum atomic E-state index is -0.954. The molecular weight excluding hydrogens is 398 g/mol. The van der Waals surface area contributed by atoms with Crippen LogP contribution >= 0.6 is 11.6 Å². The van der Waals surface area contributed by atoms with Crippen LogP contribution in [-0.2, 0) is 21.5 Å². The predicted octanol–water partition coefficient (Wildman–Crippen LogP) is 4.40. The molecule has 0 radical (unpaired) electrons. The van der Waals surface area contributed by atoms with E-state index in [2.05, 4.69) is 22.4 Å². The lowest BCUT2D eigenvalue weighted by molar-refractivity contribution is -0.137. The SMILES string of the molecule is CNC(Cc1c[nH]c2ccccc12)C1=N[C@]2(c3ccccc3Cl)CCC[C@H](O1)C2=O. The molecule has 1 fully saturated rings. The molecule has 0 amide bonds. The van der Waals surface area contributed by atoms with Crippen molar-refractivity contribution < 1.29 is 9.53 Å². The number of fused-ring (bicyclic) bond motifs is 3. The van der Waals surface area contributed by atoms with Gasteiger partial charge in [0, 0.05) is 27.7 Å². The number of halogens is 1. The highest BCUT2D eigenvalue weighted by atomic mass is 35.5. The molecular formula is C24H24ClN3O2. The van der Waals surface area contributed by atoms with Gasteiger partial charge in [-0.1, -0.05) is 48.0 Å². The number of rotatable bonds is 5. The Labute approximate surface area is 180 Å². The van der Waals surface area contributed by atoms with Crippen LogP contribution in [-0.4, -0.2) is 35.9 Å². The molecule has 0 spiro atoms. The van der Waals surface area contributed by atoms with Crippen molar-refractivity contribution in [2.75, 3.05) is 7.05 Å². The first-order valence-electron chi connectivity index (χ1n) is 10.4. The lowest BCUT2D eigenvalue weighted by Crippen LogP contribution is -2.54. The minimum absolute atomic E-state index is 0.0209. The third kappa shape index (κ3) is 3.04. The van der Waals surface area contributed by atoms with Crippen molar-refractivity contribution >= 4 is 34.2 Å². The average molecular weight is 422 g/mol. The Balaban J connectivity index is 1.56. The van der Waals surface area contributed by atoms with Gasteiger partial charge in [0.15, 0.2) is 11.6 Å². The second-order valence-electron chi connectivity index (χ2n) is 8.06. The number of ketones is 1. The van der Waals surface area contributed by atoms with Gasteiger partial charge < -0.3 is 15.0 Å². The molecule has 2 bridgehead atoms. The van der Waals surface area contributed by atoms with Gasteiger partial charge in [0.25, 0.3) is 0 Å². The Morgan fingerprint density at radius 1 is 1.27 bits per heavy atom. The third-order valence-corrected chi connectivity index (χ3v) is 6.66. The number of nitrogens with zero attached hydrogens (tertiary/aromatic N) is 1. The molecule has 1 aromatic heterocycles. The van der Waals surface area contributed by atoms with Crippen molar-refractivity contribution in [1.29, 1.82) is 0 Å². The number of hydrogen-bond donors (Lipinski definition) is 2. The maximum Gasteiger partial charge on any atom is 0.205 e. The molecule has 154 valence electrons. The Kier molecular flexibility index (Phi) is 4.88. The maximum atomic E-state index is 13.3. The highest BCUT2D eigenvalue weighted by Crippen LogP contribution is 2.44. The second kappa shape index (κ2) is 7.56. The summed E-state index contributed by atoms with van der Waals surface area (Å²) in [7, 11) is 1.90. The standard InChI is InChI=1S/C24H24ClN3O2/c1-26-20(13-15-14-27-19-10-5-2-7-16(15)19)23-28-24(17-8-3-4-9-18(17)25)12-6-11-21(30-23)22(24)29/h2-5,7-10,14,20-21,26-27H,6,11-13H2,1H3/t20?,21-,24-/m0/s1. The molecule has 1 saturated carbocycles. The highest BCUT2D eigenvalue weighted by Gasteiger charge is 2.52. The number of carbonyl (C=O) groups is 1. The first kappa shape index (κ1) is 19.3. The van der Waals surface area contributed by atoms with Gasteiger partial charge in [-0.25, -0.2) is 4.99 Å². The summed E-state index contributed by atoms with van der Waals surface area (Å²) in [5, 5.41) is 5.11. The van der Waals surface area contributed by atoms with E-state index in [9.17, 15) is 4.79 Å². The molecule has 5 nitrogen and oxygen atoms in total. The maximum absolute atomic E-state index is 13.3. The van der Waals surface area contributed by atoms with Gasteiger partial charge in [-0.2, -0.15) is 0 Å². The van der Waals surface area contributed by atoms with Crippen molar-refractivity contribution in [2.24, 2.45) is 4.99 Å². The van der Waals surface area contributed by atoms with Crippen molar-refractivity contribution in [3.05, 3.63) is 70.9 Å². The summed E-state index contributed by atoms with van der Waals surface area (Å²) in [4.78, 5) is 21.6. The van der Waals surface area contributed by atoms with E-state index in [0.29, 0.717) is 30.2 Å². The van der Waals surface area contributed by atoms with Crippen molar-refractivity contribution in [3.63, 3.8) is 0 Å². The zero-order valence-electron chi connectivity index (χ0n) is 16.8. The fourth-order valence-electron chi connectivity index (χ4n) is 4.77. The summed E-state index contributed by atoms with van der Waals surface area (Å²) >= 11 is 6.52. The molecule has 1 aliphatic heterocycles. The lowest BCUT2D eigenvalue weighted by atomic mass is 9.73. The van der Waals surface area contributed by atoms with E-state index in [1.54, 1.807) is 0 Å². The Morgan fingerprint density at radius 2 is 2.07 bits per heavy atom. The number of Topliss-reactive ketones (excluding diaryl/α,β-unsaturated/α-hetero) is 1. The van der Waals surface area contributed by atoms with Gasteiger partial charge in [-0.15, -0.1) is 0 Å². The molecule has 3 aromatic rings. The number of aromatic nitrogens is 1. The zero-order valence-corrected chi connectivity index (χ0v) is 17.6. The molecule has 2 aliphatic rings. The molecule has 2 N–H and O–H groups in total. The number of nitrogens with one attached hydrogen (secondary N) is 2. The van der Waals surface area contributed by atoms with Crippen LogP contribution in [0.15, 0.2) is 59.7 Å².